The van der Waals surface area contributed by atoms with Crippen LogP contribution in [0.2, 0.25) is 0 Å². The zero-order valence-electron chi connectivity index (χ0n) is 6.16. The summed E-state index contributed by atoms with van der Waals surface area (Å²) in [6.07, 6.45) is 1.56. The van der Waals surface area contributed by atoms with Gasteiger partial charge in [0, 0.05) is 5.92 Å². The predicted octanol–water partition coefficient (Wildman–Crippen LogP) is 0.360. The highest BCUT2D eigenvalue weighted by Crippen LogP contribution is 2.33. The highest BCUT2D eigenvalue weighted by Gasteiger charge is 2.46. The van der Waals surface area contributed by atoms with Crippen LogP contribution in [0.1, 0.15) is 0 Å². The van der Waals surface area contributed by atoms with Crippen LogP contribution in [0.15, 0.2) is 12.7 Å². The first-order valence-electron chi connectivity index (χ1n) is 3.73. The van der Waals surface area contributed by atoms with Crippen LogP contribution in [-0.2, 0) is 14.3 Å². The molecule has 3 unspecified atom stereocenters. The lowest BCUT2D eigenvalue weighted by Crippen LogP contribution is -2.21. The lowest BCUT2D eigenvalue weighted by Gasteiger charge is -2.07. The number of ether oxygens (including phenoxy) is 2. The van der Waals surface area contributed by atoms with Gasteiger partial charge in [-0.15, -0.1) is 6.58 Å². The lowest BCUT2D eigenvalue weighted by molar-refractivity contribution is -0.143. The minimum Gasteiger partial charge on any atom is -0.465 e. The van der Waals surface area contributed by atoms with Crippen LogP contribution in [0.3, 0.4) is 0 Å². The zero-order chi connectivity index (χ0) is 7.84. The topological polar surface area (TPSA) is 35.5 Å². The third-order valence-electron chi connectivity index (χ3n) is 2.31. The summed E-state index contributed by atoms with van der Waals surface area (Å²) < 4.78 is 10.2. The standard InChI is InChI=1S/C8H10O3/c1-2-6-7-5(3-10-6)4-11-8(7)9/h2,5-7H,1,3-4H2. The third-order valence-corrected chi connectivity index (χ3v) is 2.31. The quantitative estimate of drug-likeness (QED) is 0.404. The van der Waals surface area contributed by atoms with Gasteiger partial charge in [0.25, 0.3) is 0 Å². The molecule has 3 atom stereocenters. The van der Waals surface area contributed by atoms with Crippen molar-refractivity contribution in [1.82, 2.24) is 0 Å². The summed E-state index contributed by atoms with van der Waals surface area (Å²) in [6.45, 7) is 4.76. The van der Waals surface area contributed by atoms with Gasteiger partial charge in [0.2, 0.25) is 0 Å². The van der Waals surface area contributed by atoms with Crippen molar-refractivity contribution in [2.24, 2.45) is 11.8 Å². The van der Waals surface area contributed by atoms with E-state index in [-0.39, 0.29) is 23.9 Å². The van der Waals surface area contributed by atoms with Gasteiger partial charge in [-0.05, 0) is 0 Å². The van der Waals surface area contributed by atoms with E-state index in [0.717, 1.165) is 0 Å². The molecule has 2 heterocycles. The number of hydrogen-bond donors (Lipinski definition) is 0. The van der Waals surface area contributed by atoms with Crippen molar-refractivity contribution >= 4 is 5.97 Å². The van der Waals surface area contributed by atoms with E-state index in [1.165, 1.54) is 0 Å². The van der Waals surface area contributed by atoms with E-state index in [4.69, 9.17) is 9.47 Å². The highest BCUT2D eigenvalue weighted by atomic mass is 16.6. The normalized spacial score (nSPS) is 41.8. The van der Waals surface area contributed by atoms with Crippen molar-refractivity contribution < 1.29 is 14.3 Å². The van der Waals surface area contributed by atoms with Crippen molar-refractivity contribution in [3.8, 4) is 0 Å². The van der Waals surface area contributed by atoms with Crippen LogP contribution < -0.4 is 0 Å². The first-order valence-corrected chi connectivity index (χ1v) is 3.73. The molecule has 2 rings (SSSR count). The Kier molecular flexibility index (Phi) is 1.46. The fourth-order valence-corrected chi connectivity index (χ4v) is 1.69. The van der Waals surface area contributed by atoms with E-state index in [9.17, 15) is 4.79 Å². The summed E-state index contributed by atoms with van der Waals surface area (Å²) in [7, 11) is 0. The number of cyclic esters (lactones) is 1. The largest absolute Gasteiger partial charge is 0.465 e. The second kappa shape index (κ2) is 2.34. The molecule has 0 saturated carbocycles. The Morgan fingerprint density at radius 2 is 2.36 bits per heavy atom. The van der Waals surface area contributed by atoms with Crippen molar-refractivity contribution in [3.05, 3.63) is 12.7 Å². The van der Waals surface area contributed by atoms with Gasteiger partial charge in [-0.2, -0.15) is 0 Å². The Labute approximate surface area is 65.0 Å². The molecule has 11 heavy (non-hydrogen) atoms. The van der Waals surface area contributed by atoms with Crippen LogP contribution in [0.5, 0.6) is 0 Å². The van der Waals surface area contributed by atoms with Crippen LogP contribution in [-0.4, -0.2) is 25.3 Å². The third kappa shape index (κ3) is 0.878. The maximum atomic E-state index is 11.1. The van der Waals surface area contributed by atoms with Gasteiger partial charge in [0.15, 0.2) is 0 Å². The van der Waals surface area contributed by atoms with Crippen LogP contribution >= 0.6 is 0 Å². The molecule has 0 spiro atoms. The molecule has 2 fully saturated rings. The Balaban J connectivity index is 2.19. The van der Waals surface area contributed by atoms with E-state index in [1.54, 1.807) is 6.08 Å². The number of esters is 1. The van der Waals surface area contributed by atoms with E-state index < -0.39 is 0 Å². The Morgan fingerprint density at radius 3 is 3.09 bits per heavy atom. The molecule has 0 aliphatic carbocycles. The number of fused-ring (bicyclic) bond motifs is 1. The van der Waals surface area contributed by atoms with Gasteiger partial charge >= 0.3 is 5.97 Å². The summed E-state index contributed by atoms with van der Waals surface area (Å²) in [5.74, 6) is 0.0652. The molecule has 2 aliphatic rings. The fraction of sp³-hybridized carbons (Fsp3) is 0.625. The van der Waals surface area contributed by atoms with E-state index in [0.29, 0.717) is 13.2 Å². The molecular formula is C8H10O3. The van der Waals surface area contributed by atoms with Crippen LogP contribution in [0.25, 0.3) is 0 Å². The number of rotatable bonds is 1. The molecule has 0 bridgehead atoms. The average Bonchev–Trinajstić information content (AvgIpc) is 2.54. The fourth-order valence-electron chi connectivity index (χ4n) is 1.69. The Bertz CT molecular complexity index is 200. The number of carbonyl (C=O) groups is 1. The monoisotopic (exact) mass is 154 g/mol. The zero-order valence-corrected chi connectivity index (χ0v) is 6.16. The second-order valence-corrected chi connectivity index (χ2v) is 2.95. The summed E-state index contributed by atoms with van der Waals surface area (Å²) in [4.78, 5) is 11.1. The molecule has 2 saturated heterocycles. The molecular weight excluding hydrogens is 144 g/mol. The number of carbonyl (C=O) groups excluding carboxylic acids is 1. The summed E-state index contributed by atoms with van der Waals surface area (Å²) >= 11 is 0. The summed E-state index contributed by atoms with van der Waals surface area (Å²) in [5, 5.41) is 0. The van der Waals surface area contributed by atoms with E-state index in [1.807, 2.05) is 0 Å². The summed E-state index contributed by atoms with van der Waals surface area (Å²) in [5.41, 5.74) is 0. The molecule has 3 heteroatoms. The molecule has 0 amide bonds. The SMILES string of the molecule is C=CC1OCC2COC(=O)C21. The molecule has 60 valence electrons. The van der Waals surface area contributed by atoms with Gasteiger partial charge in [0.1, 0.15) is 0 Å². The van der Waals surface area contributed by atoms with E-state index in [2.05, 4.69) is 6.58 Å². The van der Waals surface area contributed by atoms with Crippen molar-refractivity contribution in [1.29, 1.82) is 0 Å². The van der Waals surface area contributed by atoms with Gasteiger partial charge in [-0.3, -0.25) is 4.79 Å². The van der Waals surface area contributed by atoms with Gasteiger partial charge in [0.05, 0.1) is 25.2 Å². The summed E-state index contributed by atoms with van der Waals surface area (Å²) in [6, 6.07) is 0. The smallest absolute Gasteiger partial charge is 0.312 e. The van der Waals surface area contributed by atoms with Crippen molar-refractivity contribution in [2.75, 3.05) is 13.2 Å². The second-order valence-electron chi connectivity index (χ2n) is 2.95. The average molecular weight is 154 g/mol. The Hall–Kier alpha value is -0.830. The van der Waals surface area contributed by atoms with Crippen molar-refractivity contribution in [3.63, 3.8) is 0 Å². The molecule has 2 aliphatic heterocycles. The molecule has 0 N–H and O–H groups in total. The molecule has 0 radical (unpaired) electrons. The number of hydrogen-bond acceptors (Lipinski definition) is 3. The first kappa shape index (κ1) is 6.85. The first-order chi connectivity index (χ1) is 5.33. The highest BCUT2D eigenvalue weighted by molar-refractivity contribution is 5.76. The molecule has 3 nitrogen and oxygen atoms in total. The lowest BCUT2D eigenvalue weighted by atomic mass is 9.94. The molecule has 0 aromatic carbocycles. The minimum atomic E-state index is -0.127. The molecule has 0 aromatic heterocycles. The maximum Gasteiger partial charge on any atom is 0.312 e. The Morgan fingerprint density at radius 1 is 1.55 bits per heavy atom. The molecule has 0 aromatic rings. The minimum absolute atomic E-state index is 0.0764. The van der Waals surface area contributed by atoms with E-state index >= 15 is 0 Å². The van der Waals surface area contributed by atoms with Crippen LogP contribution in [0.4, 0.5) is 0 Å². The van der Waals surface area contributed by atoms with Crippen molar-refractivity contribution in [2.45, 2.75) is 6.10 Å². The van der Waals surface area contributed by atoms with Gasteiger partial charge in [-0.1, -0.05) is 6.08 Å². The van der Waals surface area contributed by atoms with Gasteiger partial charge < -0.3 is 9.47 Å². The van der Waals surface area contributed by atoms with Crippen LogP contribution in [0, 0.1) is 11.8 Å². The maximum absolute atomic E-state index is 11.1. The predicted molar refractivity (Wildman–Crippen MR) is 37.9 cm³/mol. The van der Waals surface area contributed by atoms with Gasteiger partial charge in [-0.25, -0.2) is 0 Å².